The molecule has 116 valence electrons. The van der Waals surface area contributed by atoms with Gasteiger partial charge in [-0.2, -0.15) is 0 Å². The van der Waals surface area contributed by atoms with Gasteiger partial charge in [-0.25, -0.2) is 13.1 Å². The highest BCUT2D eigenvalue weighted by atomic mass is 32.2. The third-order valence-electron chi connectivity index (χ3n) is 2.55. The molecule has 0 aliphatic heterocycles. The molecule has 0 amide bonds. The van der Waals surface area contributed by atoms with E-state index in [1.807, 2.05) is 39.8 Å². The first-order chi connectivity index (χ1) is 9.10. The smallest absolute Gasteiger partial charge is 0.274 e. The average Bonchev–Trinajstić information content (AvgIpc) is 2.73. The van der Waals surface area contributed by atoms with E-state index in [-0.39, 0.29) is 10.6 Å². The van der Waals surface area contributed by atoms with Gasteiger partial charge in [0.1, 0.15) is 5.76 Å². The molecule has 0 fully saturated rings. The van der Waals surface area contributed by atoms with Crippen molar-refractivity contribution in [3.8, 4) is 0 Å². The average molecular weight is 303 g/mol. The van der Waals surface area contributed by atoms with Crippen LogP contribution < -0.4 is 10.0 Å². The molecule has 0 saturated heterocycles. The number of furan rings is 1. The van der Waals surface area contributed by atoms with Crippen LogP contribution >= 0.6 is 0 Å². The van der Waals surface area contributed by atoms with Crippen molar-refractivity contribution in [2.75, 3.05) is 27.2 Å². The fourth-order valence-corrected chi connectivity index (χ4v) is 2.39. The predicted octanol–water partition coefficient (Wildman–Crippen LogP) is 1.01. The lowest BCUT2D eigenvalue weighted by molar-refractivity contribution is 0.358. The molecule has 2 N–H and O–H groups in total. The van der Waals surface area contributed by atoms with Crippen molar-refractivity contribution >= 4 is 10.0 Å². The summed E-state index contributed by atoms with van der Waals surface area (Å²) in [6.07, 6.45) is 0. The van der Waals surface area contributed by atoms with Crippen molar-refractivity contribution in [1.29, 1.82) is 0 Å². The molecule has 0 atom stereocenters. The largest absolute Gasteiger partial charge is 0.447 e. The number of rotatable bonds is 7. The van der Waals surface area contributed by atoms with Crippen LogP contribution in [0.2, 0.25) is 0 Å². The van der Waals surface area contributed by atoms with Gasteiger partial charge in [0.15, 0.2) is 0 Å². The molecule has 1 rings (SSSR count). The first-order valence-electron chi connectivity index (χ1n) is 6.58. The van der Waals surface area contributed by atoms with Crippen LogP contribution in [0.25, 0.3) is 0 Å². The number of sulfonamides is 1. The van der Waals surface area contributed by atoms with Crippen molar-refractivity contribution in [2.24, 2.45) is 0 Å². The van der Waals surface area contributed by atoms with Gasteiger partial charge in [-0.15, -0.1) is 0 Å². The zero-order valence-electron chi connectivity index (χ0n) is 12.9. The van der Waals surface area contributed by atoms with E-state index in [1.165, 1.54) is 6.07 Å². The van der Waals surface area contributed by atoms with E-state index in [1.54, 1.807) is 6.07 Å². The molecule has 0 saturated carbocycles. The quantitative estimate of drug-likeness (QED) is 0.786. The second-order valence-electron chi connectivity index (χ2n) is 6.03. The summed E-state index contributed by atoms with van der Waals surface area (Å²) in [7, 11) is 0.213. The lowest BCUT2D eigenvalue weighted by Gasteiger charge is -2.19. The molecule has 0 aliphatic carbocycles. The van der Waals surface area contributed by atoms with Crippen LogP contribution in [-0.2, 0) is 16.6 Å². The van der Waals surface area contributed by atoms with E-state index >= 15 is 0 Å². The van der Waals surface area contributed by atoms with E-state index in [4.69, 9.17) is 4.42 Å². The van der Waals surface area contributed by atoms with Crippen LogP contribution in [0.1, 0.15) is 26.5 Å². The fourth-order valence-electron chi connectivity index (χ4n) is 1.42. The molecule has 0 spiro atoms. The summed E-state index contributed by atoms with van der Waals surface area (Å²) in [4.78, 5) is 1.91. The van der Waals surface area contributed by atoms with Crippen molar-refractivity contribution in [2.45, 2.75) is 37.9 Å². The van der Waals surface area contributed by atoms with Crippen molar-refractivity contribution < 1.29 is 12.8 Å². The lowest BCUT2D eigenvalue weighted by Crippen LogP contribution is -2.34. The SMILES string of the molecule is CN(C)CCNS(=O)(=O)c1ccc(CNC(C)(C)C)o1. The minimum Gasteiger partial charge on any atom is -0.447 e. The Labute approximate surface area is 121 Å². The first-order valence-corrected chi connectivity index (χ1v) is 8.06. The van der Waals surface area contributed by atoms with Gasteiger partial charge in [0.05, 0.1) is 6.54 Å². The summed E-state index contributed by atoms with van der Waals surface area (Å²) in [5, 5.41) is 3.21. The molecule has 0 unspecified atom stereocenters. The normalized spacial score (nSPS) is 13.1. The standard InChI is InChI=1S/C13H25N3O3S/c1-13(2,3)14-10-11-6-7-12(19-11)20(17,18)15-8-9-16(4)5/h6-7,14-15H,8-10H2,1-5H3. The number of nitrogens with zero attached hydrogens (tertiary/aromatic N) is 1. The molecular weight excluding hydrogens is 278 g/mol. The molecule has 0 bridgehead atoms. The van der Waals surface area contributed by atoms with Crippen LogP contribution in [0, 0.1) is 0 Å². The minimum absolute atomic E-state index is 0.0398. The number of hydrogen-bond donors (Lipinski definition) is 2. The highest BCUT2D eigenvalue weighted by Gasteiger charge is 2.19. The highest BCUT2D eigenvalue weighted by molar-refractivity contribution is 7.89. The third-order valence-corrected chi connectivity index (χ3v) is 3.88. The second-order valence-corrected chi connectivity index (χ2v) is 7.72. The van der Waals surface area contributed by atoms with Crippen LogP contribution in [0.15, 0.2) is 21.6 Å². The van der Waals surface area contributed by atoms with E-state index in [0.29, 0.717) is 25.4 Å². The summed E-state index contributed by atoms with van der Waals surface area (Å²) >= 11 is 0. The maximum absolute atomic E-state index is 12.0. The van der Waals surface area contributed by atoms with Crippen molar-refractivity contribution in [3.63, 3.8) is 0 Å². The summed E-state index contributed by atoms with van der Waals surface area (Å²) in [6.45, 7) is 7.60. The van der Waals surface area contributed by atoms with E-state index in [9.17, 15) is 8.42 Å². The molecule has 6 nitrogen and oxygen atoms in total. The van der Waals surface area contributed by atoms with Crippen LogP contribution in [0.3, 0.4) is 0 Å². The van der Waals surface area contributed by atoms with Crippen LogP contribution in [-0.4, -0.2) is 46.0 Å². The Morgan fingerprint density at radius 1 is 1.25 bits per heavy atom. The zero-order valence-corrected chi connectivity index (χ0v) is 13.7. The minimum atomic E-state index is -3.56. The van der Waals surface area contributed by atoms with E-state index < -0.39 is 10.0 Å². The Morgan fingerprint density at radius 2 is 1.90 bits per heavy atom. The fraction of sp³-hybridized carbons (Fsp3) is 0.692. The highest BCUT2D eigenvalue weighted by Crippen LogP contribution is 2.14. The topological polar surface area (TPSA) is 74.6 Å². The predicted molar refractivity (Wildman–Crippen MR) is 79.0 cm³/mol. The Morgan fingerprint density at radius 3 is 2.45 bits per heavy atom. The van der Waals surface area contributed by atoms with Crippen LogP contribution in [0.4, 0.5) is 0 Å². The molecule has 0 aliphatic rings. The molecule has 1 heterocycles. The van der Waals surface area contributed by atoms with Gasteiger partial charge in [0, 0.05) is 18.6 Å². The maximum Gasteiger partial charge on any atom is 0.274 e. The zero-order chi connectivity index (χ0) is 15.4. The Balaban J connectivity index is 2.61. The molecular formula is C13H25N3O3S. The summed E-state index contributed by atoms with van der Waals surface area (Å²) in [5.74, 6) is 0.605. The maximum atomic E-state index is 12.0. The molecule has 1 aromatic rings. The number of nitrogens with one attached hydrogen (secondary N) is 2. The Bertz CT molecular complexity index is 515. The molecule has 0 radical (unpaired) electrons. The summed E-state index contributed by atoms with van der Waals surface area (Å²) < 4.78 is 31.9. The molecule has 1 aromatic heterocycles. The lowest BCUT2D eigenvalue weighted by atomic mass is 10.1. The molecule has 7 heteroatoms. The van der Waals surface area contributed by atoms with Gasteiger partial charge in [0.2, 0.25) is 5.09 Å². The van der Waals surface area contributed by atoms with Crippen molar-refractivity contribution in [3.05, 3.63) is 17.9 Å². The monoisotopic (exact) mass is 303 g/mol. The van der Waals surface area contributed by atoms with Crippen molar-refractivity contribution in [1.82, 2.24) is 14.9 Å². The first kappa shape index (κ1) is 17.2. The molecule has 0 aromatic carbocycles. The van der Waals surface area contributed by atoms with E-state index in [0.717, 1.165) is 0 Å². The van der Waals surface area contributed by atoms with Gasteiger partial charge in [0.25, 0.3) is 10.0 Å². The van der Waals surface area contributed by atoms with Gasteiger partial charge in [-0.05, 0) is 47.0 Å². The summed E-state index contributed by atoms with van der Waals surface area (Å²) in [6, 6.07) is 3.16. The van der Waals surface area contributed by atoms with Gasteiger partial charge in [-0.3, -0.25) is 0 Å². The Hall–Kier alpha value is -0.890. The van der Waals surface area contributed by atoms with E-state index in [2.05, 4.69) is 10.0 Å². The number of likely N-dealkylation sites (N-methyl/N-ethyl adjacent to an activating group) is 1. The number of hydrogen-bond acceptors (Lipinski definition) is 5. The second kappa shape index (κ2) is 6.71. The van der Waals surface area contributed by atoms with Gasteiger partial charge in [-0.1, -0.05) is 0 Å². The Kier molecular flexibility index (Phi) is 5.76. The van der Waals surface area contributed by atoms with Gasteiger partial charge >= 0.3 is 0 Å². The molecule has 20 heavy (non-hydrogen) atoms. The van der Waals surface area contributed by atoms with Gasteiger partial charge < -0.3 is 14.6 Å². The van der Waals surface area contributed by atoms with Crippen LogP contribution in [0.5, 0.6) is 0 Å². The third kappa shape index (κ3) is 6.04. The summed E-state index contributed by atoms with van der Waals surface area (Å²) in [5.41, 5.74) is -0.0458.